The second-order valence-electron chi connectivity index (χ2n) is 5.32. The topological polar surface area (TPSA) is 66.6 Å². The first-order valence-electron chi connectivity index (χ1n) is 7.08. The van der Waals surface area contributed by atoms with Crippen molar-refractivity contribution in [2.45, 2.75) is 44.7 Å². The molecule has 0 radical (unpaired) electrons. The van der Waals surface area contributed by atoms with E-state index in [0.29, 0.717) is 12.1 Å². The van der Waals surface area contributed by atoms with E-state index >= 15 is 0 Å². The van der Waals surface area contributed by atoms with Gasteiger partial charge in [-0.3, -0.25) is 4.79 Å². The van der Waals surface area contributed by atoms with Crippen molar-refractivity contribution in [2.24, 2.45) is 5.73 Å². The zero-order valence-electron chi connectivity index (χ0n) is 11.7. The summed E-state index contributed by atoms with van der Waals surface area (Å²) >= 11 is 3.34. The number of hydrogen-bond donors (Lipinski definition) is 2. The highest BCUT2D eigenvalue weighted by molar-refractivity contribution is 9.10. The third kappa shape index (κ3) is 3.33. The van der Waals surface area contributed by atoms with Crippen LogP contribution < -0.4 is 5.73 Å². The van der Waals surface area contributed by atoms with Gasteiger partial charge in [0.25, 0.3) is 5.91 Å². The number of nitrogens with zero attached hydrogens (tertiary/aromatic N) is 1. The van der Waals surface area contributed by atoms with E-state index in [-0.39, 0.29) is 23.7 Å². The Labute approximate surface area is 128 Å². The number of phenols is 1. The summed E-state index contributed by atoms with van der Waals surface area (Å²) in [5.74, 6) is -0.0732. The molecule has 1 saturated carbocycles. The van der Waals surface area contributed by atoms with Crippen LogP contribution in [0, 0.1) is 0 Å². The van der Waals surface area contributed by atoms with Crippen LogP contribution in [-0.2, 0) is 0 Å². The molecule has 0 atom stereocenters. The third-order valence-electron chi connectivity index (χ3n) is 3.97. The highest BCUT2D eigenvalue weighted by Crippen LogP contribution is 2.27. The summed E-state index contributed by atoms with van der Waals surface area (Å²) in [4.78, 5) is 14.5. The van der Waals surface area contributed by atoms with Crippen LogP contribution in [0.1, 0.15) is 43.0 Å². The summed E-state index contributed by atoms with van der Waals surface area (Å²) in [6.07, 6.45) is 3.79. The van der Waals surface area contributed by atoms with Crippen LogP contribution in [-0.4, -0.2) is 34.5 Å². The summed E-state index contributed by atoms with van der Waals surface area (Å²) in [5.41, 5.74) is 6.28. The fraction of sp³-hybridized carbons (Fsp3) is 0.533. The molecule has 1 fully saturated rings. The first-order chi connectivity index (χ1) is 9.52. The predicted octanol–water partition coefficient (Wildman–Crippen LogP) is 2.89. The highest BCUT2D eigenvalue weighted by Gasteiger charge is 2.28. The SMILES string of the molecule is CCN(C(=O)c1cc(Br)ccc1O)C1CCC(N)CC1. The molecule has 1 aromatic carbocycles. The van der Waals surface area contributed by atoms with Crippen molar-refractivity contribution in [3.8, 4) is 5.75 Å². The second-order valence-corrected chi connectivity index (χ2v) is 6.24. The van der Waals surface area contributed by atoms with Crippen molar-refractivity contribution in [3.05, 3.63) is 28.2 Å². The monoisotopic (exact) mass is 340 g/mol. The number of phenolic OH excluding ortho intramolecular Hbond substituents is 1. The smallest absolute Gasteiger partial charge is 0.257 e. The molecule has 1 amide bonds. The first kappa shape index (κ1) is 15.3. The van der Waals surface area contributed by atoms with Gasteiger partial charge in [0.05, 0.1) is 5.56 Å². The fourth-order valence-corrected chi connectivity index (χ4v) is 3.18. The molecule has 0 bridgehead atoms. The van der Waals surface area contributed by atoms with Crippen LogP contribution in [0.3, 0.4) is 0 Å². The molecule has 1 aromatic rings. The molecule has 1 aliphatic rings. The summed E-state index contributed by atoms with van der Waals surface area (Å²) < 4.78 is 0.792. The Balaban J connectivity index is 2.18. The van der Waals surface area contributed by atoms with Crippen LogP contribution >= 0.6 is 15.9 Å². The van der Waals surface area contributed by atoms with E-state index in [4.69, 9.17) is 5.73 Å². The van der Waals surface area contributed by atoms with Gasteiger partial charge in [0, 0.05) is 23.1 Å². The van der Waals surface area contributed by atoms with Crippen LogP contribution in [0.4, 0.5) is 0 Å². The molecule has 0 unspecified atom stereocenters. The van der Waals surface area contributed by atoms with Crippen LogP contribution in [0.15, 0.2) is 22.7 Å². The van der Waals surface area contributed by atoms with E-state index in [1.165, 1.54) is 0 Å². The quantitative estimate of drug-likeness (QED) is 0.888. The minimum Gasteiger partial charge on any atom is -0.507 e. The number of carbonyl (C=O) groups excluding carboxylic acids is 1. The molecular weight excluding hydrogens is 320 g/mol. The van der Waals surface area contributed by atoms with Crippen molar-refractivity contribution in [3.63, 3.8) is 0 Å². The Morgan fingerprint density at radius 2 is 2.05 bits per heavy atom. The van der Waals surface area contributed by atoms with Crippen LogP contribution in [0.5, 0.6) is 5.75 Å². The van der Waals surface area contributed by atoms with Gasteiger partial charge in [-0.05, 0) is 50.8 Å². The molecule has 0 aromatic heterocycles. The van der Waals surface area contributed by atoms with E-state index in [1.807, 2.05) is 11.8 Å². The number of aromatic hydroxyl groups is 1. The van der Waals surface area contributed by atoms with E-state index in [2.05, 4.69) is 15.9 Å². The van der Waals surface area contributed by atoms with Gasteiger partial charge >= 0.3 is 0 Å². The Morgan fingerprint density at radius 1 is 1.40 bits per heavy atom. The van der Waals surface area contributed by atoms with Crippen molar-refractivity contribution in [1.29, 1.82) is 0 Å². The Bertz CT molecular complexity index is 485. The van der Waals surface area contributed by atoms with Crippen molar-refractivity contribution in [2.75, 3.05) is 6.54 Å². The molecule has 20 heavy (non-hydrogen) atoms. The lowest BCUT2D eigenvalue weighted by Crippen LogP contribution is -2.44. The number of carbonyl (C=O) groups is 1. The molecule has 0 heterocycles. The lowest BCUT2D eigenvalue weighted by molar-refractivity contribution is 0.0637. The lowest BCUT2D eigenvalue weighted by Gasteiger charge is -2.35. The van der Waals surface area contributed by atoms with Gasteiger partial charge in [-0.15, -0.1) is 0 Å². The van der Waals surface area contributed by atoms with Gasteiger partial charge in [0.1, 0.15) is 5.75 Å². The van der Waals surface area contributed by atoms with Crippen LogP contribution in [0.25, 0.3) is 0 Å². The molecule has 3 N–H and O–H groups in total. The highest BCUT2D eigenvalue weighted by atomic mass is 79.9. The Kier molecular flexibility index (Phi) is 5.05. The summed E-state index contributed by atoms with van der Waals surface area (Å²) in [6.45, 7) is 2.62. The largest absolute Gasteiger partial charge is 0.507 e. The normalized spacial score (nSPS) is 22.6. The number of benzene rings is 1. The molecule has 2 rings (SSSR count). The number of halogens is 1. The van der Waals surface area contributed by atoms with Crippen molar-refractivity contribution >= 4 is 21.8 Å². The van der Waals surface area contributed by atoms with Crippen molar-refractivity contribution in [1.82, 2.24) is 4.90 Å². The second kappa shape index (κ2) is 6.59. The molecule has 1 aliphatic carbocycles. The standard InChI is InChI=1S/C15H21BrN2O2/c1-2-18(12-6-4-11(17)5-7-12)15(20)13-9-10(16)3-8-14(13)19/h3,8-9,11-12,19H,2,4-7,17H2,1H3. The van der Waals surface area contributed by atoms with Gasteiger partial charge < -0.3 is 15.7 Å². The maximum atomic E-state index is 12.6. The van der Waals surface area contributed by atoms with Crippen molar-refractivity contribution < 1.29 is 9.90 Å². The molecule has 0 saturated heterocycles. The number of amides is 1. The van der Waals surface area contributed by atoms with Crippen LogP contribution in [0.2, 0.25) is 0 Å². The maximum absolute atomic E-state index is 12.6. The van der Waals surface area contributed by atoms with Gasteiger partial charge in [-0.2, -0.15) is 0 Å². The number of rotatable bonds is 3. The third-order valence-corrected chi connectivity index (χ3v) is 4.47. The fourth-order valence-electron chi connectivity index (χ4n) is 2.82. The molecule has 110 valence electrons. The van der Waals surface area contributed by atoms with E-state index in [9.17, 15) is 9.90 Å². The molecular formula is C15H21BrN2O2. The molecule has 5 heteroatoms. The summed E-state index contributed by atoms with van der Waals surface area (Å²) in [6, 6.07) is 5.43. The number of nitrogens with two attached hydrogens (primary N) is 1. The molecule has 0 spiro atoms. The van der Waals surface area contributed by atoms with Gasteiger partial charge in [-0.25, -0.2) is 0 Å². The zero-order chi connectivity index (χ0) is 14.7. The summed E-state index contributed by atoms with van der Waals surface area (Å²) in [5, 5.41) is 9.90. The molecule has 4 nitrogen and oxygen atoms in total. The van der Waals surface area contributed by atoms with E-state index < -0.39 is 0 Å². The molecule has 0 aliphatic heterocycles. The summed E-state index contributed by atoms with van der Waals surface area (Å²) in [7, 11) is 0. The van der Waals surface area contributed by atoms with Gasteiger partial charge in [0.15, 0.2) is 0 Å². The van der Waals surface area contributed by atoms with Gasteiger partial charge in [-0.1, -0.05) is 15.9 Å². The predicted molar refractivity (Wildman–Crippen MR) is 82.7 cm³/mol. The zero-order valence-corrected chi connectivity index (χ0v) is 13.3. The number of hydrogen-bond acceptors (Lipinski definition) is 3. The Hall–Kier alpha value is -1.07. The first-order valence-corrected chi connectivity index (χ1v) is 7.87. The minimum absolute atomic E-state index is 0.0316. The lowest BCUT2D eigenvalue weighted by atomic mass is 9.90. The van der Waals surface area contributed by atoms with E-state index in [1.54, 1.807) is 18.2 Å². The van der Waals surface area contributed by atoms with Gasteiger partial charge in [0.2, 0.25) is 0 Å². The average Bonchev–Trinajstić information content (AvgIpc) is 2.44. The maximum Gasteiger partial charge on any atom is 0.257 e. The minimum atomic E-state index is -0.105. The van der Waals surface area contributed by atoms with E-state index in [0.717, 1.165) is 30.2 Å². The Morgan fingerprint density at radius 3 is 2.65 bits per heavy atom. The average molecular weight is 341 g/mol.